The molecule has 0 saturated heterocycles. The molecule has 1 amide bonds. The normalized spacial score (nSPS) is 12.3. The molecule has 1 atom stereocenters. The van der Waals surface area contributed by atoms with E-state index in [1.165, 1.54) is 0 Å². The van der Waals surface area contributed by atoms with Crippen LogP contribution in [0.3, 0.4) is 0 Å². The lowest BCUT2D eigenvalue weighted by Crippen LogP contribution is -2.30. The Kier molecular flexibility index (Phi) is 5.71. The fraction of sp³-hybridized carbons (Fsp3) is 0.412. The van der Waals surface area contributed by atoms with Crippen LogP contribution in [0.2, 0.25) is 10.0 Å². The highest BCUT2D eigenvalue weighted by atomic mass is 35.5. The summed E-state index contributed by atoms with van der Waals surface area (Å²) >= 11 is 12.2. The van der Waals surface area contributed by atoms with Crippen molar-refractivity contribution in [3.8, 4) is 0 Å². The van der Waals surface area contributed by atoms with Crippen LogP contribution in [0.1, 0.15) is 42.0 Å². The summed E-state index contributed by atoms with van der Waals surface area (Å²) in [5.41, 5.74) is 2.72. The number of nitrogens with zero attached hydrogens (tertiary/aromatic N) is 2. The van der Waals surface area contributed by atoms with Crippen molar-refractivity contribution in [2.24, 2.45) is 0 Å². The lowest BCUT2D eigenvalue weighted by molar-refractivity contribution is -0.131. The van der Waals surface area contributed by atoms with E-state index < -0.39 is 0 Å². The number of amides is 1. The van der Waals surface area contributed by atoms with Crippen LogP contribution in [0.15, 0.2) is 22.7 Å². The average Bonchev–Trinajstić information content (AvgIpc) is 2.82. The Morgan fingerprint density at radius 1 is 1.35 bits per heavy atom. The molecule has 0 spiro atoms. The predicted molar refractivity (Wildman–Crippen MR) is 91.9 cm³/mol. The molecule has 2 rings (SSSR count). The lowest BCUT2D eigenvalue weighted by Gasteiger charge is -2.26. The first-order chi connectivity index (χ1) is 10.8. The average molecular weight is 355 g/mol. The zero-order valence-corrected chi connectivity index (χ0v) is 15.2. The van der Waals surface area contributed by atoms with Crippen LogP contribution in [0, 0.1) is 13.8 Å². The molecule has 0 aliphatic rings. The first-order valence-electron chi connectivity index (χ1n) is 7.43. The molecule has 0 bridgehead atoms. The SMILES string of the molecule is Cc1noc(C)c1CCC(=O)N(C)[C@@H](C)c1ccc(Cl)cc1Cl. The van der Waals surface area contributed by atoms with E-state index in [1.54, 1.807) is 24.1 Å². The summed E-state index contributed by atoms with van der Waals surface area (Å²) < 4.78 is 5.13. The zero-order valence-electron chi connectivity index (χ0n) is 13.7. The Bertz CT molecular complexity index is 693. The molecule has 124 valence electrons. The van der Waals surface area contributed by atoms with Crippen molar-refractivity contribution in [3.63, 3.8) is 0 Å². The van der Waals surface area contributed by atoms with E-state index in [0.717, 1.165) is 22.6 Å². The molecule has 0 aliphatic carbocycles. The van der Waals surface area contributed by atoms with Gasteiger partial charge >= 0.3 is 0 Å². The Labute approximate surface area is 146 Å². The molecule has 0 unspecified atom stereocenters. The third-order valence-electron chi connectivity index (χ3n) is 4.16. The van der Waals surface area contributed by atoms with Gasteiger partial charge in [-0.1, -0.05) is 34.4 Å². The van der Waals surface area contributed by atoms with Gasteiger partial charge in [-0.05, 0) is 44.9 Å². The standard InChI is InChI=1S/C17H20Cl2N2O2/c1-10-14(12(3)23-20-10)7-8-17(22)21(4)11(2)15-6-5-13(18)9-16(15)19/h5-6,9,11H,7-8H2,1-4H3/t11-/m0/s1. The molecule has 1 aromatic heterocycles. The van der Waals surface area contributed by atoms with Gasteiger partial charge in [-0.3, -0.25) is 4.79 Å². The highest BCUT2D eigenvalue weighted by molar-refractivity contribution is 6.35. The van der Waals surface area contributed by atoms with Gasteiger partial charge in [-0.25, -0.2) is 0 Å². The van der Waals surface area contributed by atoms with Gasteiger partial charge in [-0.2, -0.15) is 0 Å². The van der Waals surface area contributed by atoms with Crippen LogP contribution in [-0.4, -0.2) is 23.0 Å². The maximum atomic E-state index is 12.5. The number of hydrogen-bond acceptors (Lipinski definition) is 3. The third-order valence-corrected chi connectivity index (χ3v) is 4.72. The summed E-state index contributed by atoms with van der Waals surface area (Å²) in [5.74, 6) is 0.815. The monoisotopic (exact) mass is 354 g/mol. The van der Waals surface area contributed by atoms with Crippen molar-refractivity contribution >= 4 is 29.1 Å². The van der Waals surface area contributed by atoms with Crippen LogP contribution in [-0.2, 0) is 11.2 Å². The number of rotatable bonds is 5. The van der Waals surface area contributed by atoms with E-state index in [9.17, 15) is 4.79 Å². The third kappa shape index (κ3) is 4.06. The van der Waals surface area contributed by atoms with E-state index >= 15 is 0 Å². The number of carbonyl (C=O) groups is 1. The second kappa shape index (κ2) is 7.37. The van der Waals surface area contributed by atoms with Crippen molar-refractivity contribution < 1.29 is 9.32 Å². The van der Waals surface area contributed by atoms with E-state index in [4.69, 9.17) is 27.7 Å². The van der Waals surface area contributed by atoms with Gasteiger partial charge in [0.15, 0.2) is 0 Å². The summed E-state index contributed by atoms with van der Waals surface area (Å²) in [6.07, 6.45) is 1.01. The highest BCUT2D eigenvalue weighted by Gasteiger charge is 2.20. The van der Waals surface area contributed by atoms with Gasteiger partial charge in [0.1, 0.15) is 5.76 Å². The summed E-state index contributed by atoms with van der Waals surface area (Å²) in [7, 11) is 1.78. The number of halogens is 2. The highest BCUT2D eigenvalue weighted by Crippen LogP contribution is 2.29. The van der Waals surface area contributed by atoms with Crippen molar-refractivity contribution in [3.05, 3.63) is 50.8 Å². The van der Waals surface area contributed by atoms with E-state index in [1.807, 2.05) is 26.8 Å². The van der Waals surface area contributed by atoms with Crippen LogP contribution in [0.4, 0.5) is 0 Å². The summed E-state index contributed by atoms with van der Waals surface area (Å²) in [6.45, 7) is 5.69. The molecular weight excluding hydrogens is 335 g/mol. The molecule has 0 N–H and O–H groups in total. The Hall–Kier alpha value is -1.52. The van der Waals surface area contributed by atoms with Gasteiger partial charge in [-0.15, -0.1) is 0 Å². The first kappa shape index (κ1) is 17.8. The summed E-state index contributed by atoms with van der Waals surface area (Å²) in [6, 6.07) is 5.20. The number of aryl methyl sites for hydroxylation is 2. The van der Waals surface area contributed by atoms with Crippen molar-refractivity contribution in [2.45, 2.75) is 39.7 Å². The fourth-order valence-electron chi connectivity index (χ4n) is 2.53. The van der Waals surface area contributed by atoms with Crippen molar-refractivity contribution in [1.29, 1.82) is 0 Å². The van der Waals surface area contributed by atoms with Crippen LogP contribution in [0.5, 0.6) is 0 Å². The molecule has 0 radical (unpaired) electrons. The van der Waals surface area contributed by atoms with Crippen molar-refractivity contribution in [1.82, 2.24) is 10.1 Å². The predicted octanol–water partition coefficient (Wildman–Crippen LogP) is 4.75. The largest absolute Gasteiger partial charge is 0.361 e. The molecule has 1 heterocycles. The Morgan fingerprint density at radius 3 is 2.61 bits per heavy atom. The summed E-state index contributed by atoms with van der Waals surface area (Å²) in [5, 5.41) is 5.06. The second-order valence-corrected chi connectivity index (χ2v) is 6.49. The number of aromatic nitrogens is 1. The molecule has 23 heavy (non-hydrogen) atoms. The minimum absolute atomic E-state index is 0.0449. The smallest absolute Gasteiger partial charge is 0.223 e. The number of benzene rings is 1. The molecule has 0 fully saturated rings. The molecular formula is C17H20Cl2N2O2. The molecule has 2 aromatic rings. The summed E-state index contributed by atoms with van der Waals surface area (Å²) in [4.78, 5) is 14.2. The maximum absolute atomic E-state index is 12.5. The molecule has 4 nitrogen and oxygen atoms in total. The Morgan fingerprint density at radius 2 is 2.04 bits per heavy atom. The van der Waals surface area contributed by atoms with Gasteiger partial charge in [0, 0.05) is 29.1 Å². The molecule has 0 saturated carbocycles. The zero-order chi connectivity index (χ0) is 17.1. The minimum atomic E-state index is -0.128. The molecule has 6 heteroatoms. The lowest BCUT2D eigenvalue weighted by atomic mass is 10.0. The minimum Gasteiger partial charge on any atom is -0.361 e. The van der Waals surface area contributed by atoms with Crippen LogP contribution in [0.25, 0.3) is 0 Å². The van der Waals surface area contributed by atoms with E-state index in [0.29, 0.717) is 22.9 Å². The molecule has 1 aromatic carbocycles. The van der Waals surface area contributed by atoms with Gasteiger partial charge < -0.3 is 9.42 Å². The van der Waals surface area contributed by atoms with E-state index in [-0.39, 0.29) is 11.9 Å². The van der Waals surface area contributed by atoms with E-state index in [2.05, 4.69) is 5.16 Å². The molecule has 0 aliphatic heterocycles. The maximum Gasteiger partial charge on any atom is 0.223 e. The number of hydrogen-bond donors (Lipinski definition) is 0. The van der Waals surface area contributed by atoms with Gasteiger partial charge in [0.25, 0.3) is 0 Å². The van der Waals surface area contributed by atoms with Gasteiger partial charge in [0.2, 0.25) is 5.91 Å². The second-order valence-electron chi connectivity index (χ2n) is 5.65. The van der Waals surface area contributed by atoms with Crippen LogP contribution >= 0.6 is 23.2 Å². The quantitative estimate of drug-likeness (QED) is 0.778. The fourth-order valence-corrected chi connectivity index (χ4v) is 3.10. The van der Waals surface area contributed by atoms with Crippen molar-refractivity contribution in [2.75, 3.05) is 7.05 Å². The van der Waals surface area contributed by atoms with Gasteiger partial charge in [0.05, 0.1) is 11.7 Å². The van der Waals surface area contributed by atoms with Crippen LogP contribution < -0.4 is 0 Å². The Balaban J connectivity index is 2.04. The topological polar surface area (TPSA) is 46.3 Å². The first-order valence-corrected chi connectivity index (χ1v) is 8.19. The number of carbonyl (C=O) groups excluding carboxylic acids is 1.